The number of fused-ring (bicyclic) bond motifs is 1. The van der Waals surface area contributed by atoms with Gasteiger partial charge in [-0.3, -0.25) is 9.59 Å². The predicted octanol–water partition coefficient (Wildman–Crippen LogP) is 3.42. The molecule has 23 heavy (non-hydrogen) atoms. The van der Waals surface area contributed by atoms with Gasteiger partial charge in [0, 0.05) is 31.9 Å². The monoisotopic (exact) mass is 328 g/mol. The summed E-state index contributed by atoms with van der Waals surface area (Å²) in [6.45, 7) is 0.532. The maximum Gasteiger partial charge on any atom is 0.258 e. The van der Waals surface area contributed by atoms with E-state index in [2.05, 4.69) is 0 Å². The van der Waals surface area contributed by atoms with E-state index in [0.29, 0.717) is 34.7 Å². The first-order chi connectivity index (χ1) is 11.0. The number of amides is 1. The van der Waals surface area contributed by atoms with Gasteiger partial charge in [0.2, 0.25) is 0 Å². The SMILES string of the molecule is CN(C)c1ccc2c(c1)CCN(c1cccc(Cl)c1C=O)C2=O. The molecule has 0 atom stereocenters. The zero-order chi connectivity index (χ0) is 16.6. The third-order valence-electron chi connectivity index (χ3n) is 4.12. The first kappa shape index (κ1) is 15.6. The van der Waals surface area contributed by atoms with E-state index in [9.17, 15) is 9.59 Å². The van der Waals surface area contributed by atoms with Crippen LogP contribution in [0, 0.1) is 0 Å². The zero-order valence-electron chi connectivity index (χ0n) is 13.0. The molecular formula is C18H17ClN2O2. The van der Waals surface area contributed by atoms with Gasteiger partial charge in [-0.2, -0.15) is 0 Å². The predicted molar refractivity (Wildman–Crippen MR) is 93.0 cm³/mol. The van der Waals surface area contributed by atoms with Gasteiger partial charge in [0.05, 0.1) is 16.3 Å². The lowest BCUT2D eigenvalue weighted by Crippen LogP contribution is -2.38. The van der Waals surface area contributed by atoms with Crippen molar-refractivity contribution in [1.82, 2.24) is 0 Å². The number of hydrogen-bond acceptors (Lipinski definition) is 3. The number of rotatable bonds is 3. The highest BCUT2D eigenvalue weighted by Gasteiger charge is 2.27. The lowest BCUT2D eigenvalue weighted by molar-refractivity contribution is 0.0980. The van der Waals surface area contributed by atoms with Gasteiger partial charge in [0.25, 0.3) is 5.91 Å². The number of anilines is 2. The van der Waals surface area contributed by atoms with Crippen molar-refractivity contribution < 1.29 is 9.59 Å². The molecule has 0 fully saturated rings. The summed E-state index contributed by atoms with van der Waals surface area (Å²) in [7, 11) is 3.95. The molecule has 0 saturated heterocycles. The van der Waals surface area contributed by atoms with Crippen molar-refractivity contribution in [3.05, 3.63) is 58.1 Å². The van der Waals surface area contributed by atoms with Gasteiger partial charge in [-0.05, 0) is 42.3 Å². The van der Waals surface area contributed by atoms with Crippen molar-refractivity contribution in [3.8, 4) is 0 Å². The second-order valence-corrected chi connectivity index (χ2v) is 6.14. The Morgan fingerprint density at radius 1 is 1.22 bits per heavy atom. The van der Waals surface area contributed by atoms with Crippen LogP contribution in [0.1, 0.15) is 26.3 Å². The van der Waals surface area contributed by atoms with E-state index in [4.69, 9.17) is 11.6 Å². The van der Waals surface area contributed by atoms with Crippen molar-refractivity contribution in [3.63, 3.8) is 0 Å². The van der Waals surface area contributed by atoms with E-state index in [1.807, 2.05) is 37.2 Å². The molecule has 1 aliphatic heterocycles. The van der Waals surface area contributed by atoms with E-state index < -0.39 is 0 Å². The minimum Gasteiger partial charge on any atom is -0.378 e. The minimum atomic E-state index is -0.0954. The van der Waals surface area contributed by atoms with Crippen LogP contribution in [0.2, 0.25) is 5.02 Å². The molecule has 5 heteroatoms. The van der Waals surface area contributed by atoms with Crippen LogP contribution in [-0.2, 0) is 6.42 Å². The Labute approximate surface area is 140 Å². The number of carbonyl (C=O) groups excluding carboxylic acids is 2. The van der Waals surface area contributed by atoms with Crippen molar-refractivity contribution in [2.75, 3.05) is 30.4 Å². The molecule has 2 aromatic rings. The van der Waals surface area contributed by atoms with Gasteiger partial charge < -0.3 is 9.80 Å². The fraction of sp³-hybridized carbons (Fsp3) is 0.222. The maximum atomic E-state index is 12.8. The summed E-state index contributed by atoms with van der Waals surface area (Å²) >= 11 is 6.08. The highest BCUT2D eigenvalue weighted by Crippen LogP contribution is 2.31. The van der Waals surface area contributed by atoms with Crippen LogP contribution in [0.4, 0.5) is 11.4 Å². The summed E-state index contributed by atoms with van der Waals surface area (Å²) in [4.78, 5) is 27.8. The van der Waals surface area contributed by atoms with Crippen LogP contribution in [-0.4, -0.2) is 32.8 Å². The number of hydrogen-bond donors (Lipinski definition) is 0. The molecule has 0 aromatic heterocycles. The zero-order valence-corrected chi connectivity index (χ0v) is 13.8. The Balaban J connectivity index is 2.02. The number of halogens is 1. The van der Waals surface area contributed by atoms with Gasteiger partial charge in [0.15, 0.2) is 6.29 Å². The molecule has 3 rings (SSSR count). The normalized spacial score (nSPS) is 13.7. The van der Waals surface area contributed by atoms with Crippen molar-refractivity contribution in [2.45, 2.75) is 6.42 Å². The quantitative estimate of drug-likeness (QED) is 0.811. The minimum absolute atomic E-state index is 0.0954. The van der Waals surface area contributed by atoms with Crippen LogP contribution in [0.25, 0.3) is 0 Å². The van der Waals surface area contributed by atoms with Gasteiger partial charge >= 0.3 is 0 Å². The summed E-state index contributed by atoms with van der Waals surface area (Å²) in [6, 6.07) is 11.0. The van der Waals surface area contributed by atoms with Gasteiger partial charge in [-0.25, -0.2) is 0 Å². The molecule has 4 nitrogen and oxygen atoms in total. The summed E-state index contributed by atoms with van der Waals surface area (Å²) in [5, 5.41) is 0.360. The first-order valence-electron chi connectivity index (χ1n) is 7.38. The number of nitrogens with zero attached hydrogens (tertiary/aromatic N) is 2. The highest BCUT2D eigenvalue weighted by molar-refractivity contribution is 6.33. The molecule has 0 N–H and O–H groups in total. The maximum absolute atomic E-state index is 12.8. The topological polar surface area (TPSA) is 40.6 Å². The molecule has 118 valence electrons. The second-order valence-electron chi connectivity index (χ2n) is 5.73. The average Bonchev–Trinajstić information content (AvgIpc) is 2.54. The van der Waals surface area contributed by atoms with Gasteiger partial charge in [-0.1, -0.05) is 17.7 Å². The molecule has 0 aliphatic carbocycles. The van der Waals surface area contributed by atoms with E-state index in [-0.39, 0.29) is 5.91 Å². The molecule has 2 aromatic carbocycles. The Morgan fingerprint density at radius 3 is 2.70 bits per heavy atom. The summed E-state index contributed by atoms with van der Waals surface area (Å²) < 4.78 is 0. The molecule has 1 amide bonds. The van der Waals surface area contributed by atoms with Crippen LogP contribution in [0.3, 0.4) is 0 Å². The molecule has 0 radical (unpaired) electrons. The lowest BCUT2D eigenvalue weighted by atomic mass is 9.97. The van der Waals surface area contributed by atoms with E-state index >= 15 is 0 Å². The number of benzene rings is 2. The van der Waals surface area contributed by atoms with Crippen LogP contribution >= 0.6 is 11.6 Å². The number of carbonyl (C=O) groups is 2. The molecule has 0 bridgehead atoms. The Bertz CT molecular complexity index is 787. The fourth-order valence-electron chi connectivity index (χ4n) is 2.86. The fourth-order valence-corrected chi connectivity index (χ4v) is 3.07. The van der Waals surface area contributed by atoms with E-state index in [1.54, 1.807) is 23.1 Å². The molecule has 0 spiro atoms. The Kier molecular flexibility index (Phi) is 4.09. The third-order valence-corrected chi connectivity index (χ3v) is 4.45. The smallest absolute Gasteiger partial charge is 0.258 e. The largest absolute Gasteiger partial charge is 0.378 e. The average molecular weight is 329 g/mol. The van der Waals surface area contributed by atoms with Crippen molar-refractivity contribution >= 4 is 35.2 Å². The third kappa shape index (κ3) is 2.70. The van der Waals surface area contributed by atoms with Gasteiger partial charge in [-0.15, -0.1) is 0 Å². The van der Waals surface area contributed by atoms with Crippen molar-refractivity contribution in [2.24, 2.45) is 0 Å². The summed E-state index contributed by atoms with van der Waals surface area (Å²) in [5.41, 5.74) is 3.71. The van der Waals surface area contributed by atoms with Crippen molar-refractivity contribution in [1.29, 1.82) is 0 Å². The van der Waals surface area contributed by atoms with Crippen LogP contribution in [0.5, 0.6) is 0 Å². The van der Waals surface area contributed by atoms with E-state index in [1.165, 1.54) is 0 Å². The summed E-state index contributed by atoms with van der Waals surface area (Å²) in [5.74, 6) is -0.0954. The lowest BCUT2D eigenvalue weighted by Gasteiger charge is -2.30. The molecule has 0 saturated carbocycles. The molecule has 1 aliphatic rings. The van der Waals surface area contributed by atoms with Crippen LogP contribution < -0.4 is 9.80 Å². The van der Waals surface area contributed by atoms with Gasteiger partial charge in [0.1, 0.15) is 0 Å². The second kappa shape index (κ2) is 6.05. The summed E-state index contributed by atoms with van der Waals surface area (Å²) in [6.07, 6.45) is 1.45. The Morgan fingerprint density at radius 2 is 2.00 bits per heavy atom. The number of aldehydes is 1. The highest BCUT2D eigenvalue weighted by atomic mass is 35.5. The van der Waals surface area contributed by atoms with Crippen LogP contribution in [0.15, 0.2) is 36.4 Å². The Hall–Kier alpha value is -2.33. The standard InChI is InChI=1S/C18H17ClN2O2/c1-20(2)13-6-7-14-12(10-13)8-9-21(18(14)23)17-5-3-4-16(19)15(17)11-22/h3-7,10-11H,8-9H2,1-2H3. The van der Waals surface area contributed by atoms with E-state index in [0.717, 1.165) is 17.7 Å². The molecular weight excluding hydrogens is 312 g/mol. The molecule has 1 heterocycles. The molecule has 0 unspecified atom stereocenters. The first-order valence-corrected chi connectivity index (χ1v) is 7.76.